The van der Waals surface area contributed by atoms with Gasteiger partial charge in [-0.3, -0.25) is 0 Å². The van der Waals surface area contributed by atoms with Gasteiger partial charge in [0.05, 0.1) is 0 Å². The number of hydrogen-bond acceptors (Lipinski definition) is 3. The second kappa shape index (κ2) is 10.9. The van der Waals surface area contributed by atoms with Crippen LogP contribution in [0.4, 0.5) is 0 Å². The Bertz CT molecular complexity index is 2110. The lowest BCUT2D eigenvalue weighted by Gasteiger charge is -2.19. The lowest BCUT2D eigenvalue weighted by atomic mass is 9.92. The maximum Gasteiger partial charge on any atom is 0.164 e. The van der Waals surface area contributed by atoms with Crippen LogP contribution in [0, 0.1) is 0 Å². The van der Waals surface area contributed by atoms with Gasteiger partial charge in [-0.15, -0.1) is 0 Å². The summed E-state index contributed by atoms with van der Waals surface area (Å²) in [5.41, 5.74) is 10.4. The SMILES string of the molecule is C[Si]1(C)c2ccccc2-c2c(-c3ccc(-c4ccccc4-c4nc(-c5ccccc5)nc(-c5ccccc5)n4)cc3)cccc21. The molecule has 8 rings (SSSR count). The summed E-state index contributed by atoms with van der Waals surface area (Å²) >= 11 is 0. The highest BCUT2D eigenvalue weighted by atomic mass is 28.3. The molecule has 0 aliphatic carbocycles. The van der Waals surface area contributed by atoms with Crippen molar-refractivity contribution in [1.82, 2.24) is 15.0 Å². The van der Waals surface area contributed by atoms with E-state index in [1.165, 1.54) is 32.6 Å². The summed E-state index contributed by atoms with van der Waals surface area (Å²) < 4.78 is 0. The highest BCUT2D eigenvalue weighted by molar-refractivity contribution is 7.04. The van der Waals surface area contributed by atoms with Crippen molar-refractivity contribution in [2.45, 2.75) is 13.1 Å². The van der Waals surface area contributed by atoms with Gasteiger partial charge >= 0.3 is 0 Å². The van der Waals surface area contributed by atoms with Gasteiger partial charge in [0, 0.05) is 16.7 Å². The third-order valence-corrected chi connectivity index (χ3v) is 12.5. The lowest BCUT2D eigenvalue weighted by molar-refractivity contribution is 1.07. The molecule has 6 aromatic carbocycles. The summed E-state index contributed by atoms with van der Waals surface area (Å²) in [6, 6.07) is 53.5. The molecular formula is C41H31N3Si. The molecule has 1 aliphatic heterocycles. The topological polar surface area (TPSA) is 38.7 Å². The summed E-state index contributed by atoms with van der Waals surface area (Å²) in [4.78, 5) is 14.9. The quantitative estimate of drug-likeness (QED) is 0.187. The zero-order chi connectivity index (χ0) is 30.4. The molecule has 0 N–H and O–H groups in total. The van der Waals surface area contributed by atoms with Crippen molar-refractivity contribution in [3.63, 3.8) is 0 Å². The molecule has 7 aromatic rings. The molecular weight excluding hydrogens is 563 g/mol. The van der Waals surface area contributed by atoms with Crippen molar-refractivity contribution in [3.05, 3.63) is 152 Å². The van der Waals surface area contributed by atoms with Crippen molar-refractivity contribution in [3.8, 4) is 67.5 Å². The fraction of sp³-hybridized carbons (Fsp3) is 0.0488. The molecule has 0 radical (unpaired) electrons. The summed E-state index contributed by atoms with van der Waals surface area (Å²) in [5, 5.41) is 3.05. The summed E-state index contributed by atoms with van der Waals surface area (Å²) in [6.07, 6.45) is 0. The monoisotopic (exact) mass is 593 g/mol. The second-order valence-corrected chi connectivity index (χ2v) is 16.4. The van der Waals surface area contributed by atoms with Crippen LogP contribution in [0.5, 0.6) is 0 Å². The van der Waals surface area contributed by atoms with E-state index >= 15 is 0 Å². The van der Waals surface area contributed by atoms with Gasteiger partial charge in [0.2, 0.25) is 0 Å². The fourth-order valence-corrected chi connectivity index (χ4v) is 9.78. The van der Waals surface area contributed by atoms with Crippen LogP contribution < -0.4 is 10.4 Å². The summed E-state index contributed by atoms with van der Waals surface area (Å²) in [6.45, 7) is 4.93. The van der Waals surface area contributed by atoms with E-state index in [0.717, 1.165) is 27.8 Å². The second-order valence-electron chi connectivity index (χ2n) is 12.1. The van der Waals surface area contributed by atoms with E-state index in [9.17, 15) is 0 Å². The van der Waals surface area contributed by atoms with Gasteiger partial charge in [0.15, 0.2) is 17.5 Å². The predicted octanol–water partition coefficient (Wildman–Crippen LogP) is 9.01. The van der Waals surface area contributed by atoms with Crippen molar-refractivity contribution >= 4 is 18.4 Å². The van der Waals surface area contributed by atoms with Crippen molar-refractivity contribution in [1.29, 1.82) is 0 Å². The first-order chi connectivity index (χ1) is 22.1. The van der Waals surface area contributed by atoms with Gasteiger partial charge in [0.1, 0.15) is 8.07 Å². The fourth-order valence-electron chi connectivity index (χ4n) is 6.68. The molecule has 0 saturated carbocycles. The number of rotatable bonds is 5. The van der Waals surface area contributed by atoms with Crippen LogP contribution >= 0.6 is 0 Å². The van der Waals surface area contributed by atoms with E-state index in [1.54, 1.807) is 0 Å². The molecule has 0 bridgehead atoms. The van der Waals surface area contributed by atoms with Crippen LogP contribution in [0.3, 0.4) is 0 Å². The van der Waals surface area contributed by atoms with Crippen LogP contribution in [-0.4, -0.2) is 23.0 Å². The predicted molar refractivity (Wildman–Crippen MR) is 189 cm³/mol. The van der Waals surface area contributed by atoms with Gasteiger partial charge in [-0.25, -0.2) is 15.0 Å². The average molecular weight is 594 g/mol. The number of hydrogen-bond donors (Lipinski definition) is 0. The minimum absolute atomic E-state index is 0.659. The molecule has 0 spiro atoms. The smallest absolute Gasteiger partial charge is 0.164 e. The molecule has 45 heavy (non-hydrogen) atoms. The Hall–Kier alpha value is -5.45. The Balaban J connectivity index is 1.23. The number of benzene rings is 6. The minimum Gasteiger partial charge on any atom is -0.208 e. The van der Waals surface area contributed by atoms with E-state index in [0.29, 0.717) is 17.5 Å². The average Bonchev–Trinajstić information content (AvgIpc) is 3.35. The Kier molecular flexibility index (Phi) is 6.58. The molecule has 0 amide bonds. The maximum absolute atomic E-state index is 5.01. The van der Waals surface area contributed by atoms with Crippen molar-refractivity contribution in [2.75, 3.05) is 0 Å². The van der Waals surface area contributed by atoms with Crippen LogP contribution in [-0.2, 0) is 0 Å². The zero-order valence-electron chi connectivity index (χ0n) is 25.3. The van der Waals surface area contributed by atoms with Gasteiger partial charge < -0.3 is 0 Å². The first-order valence-corrected chi connectivity index (χ1v) is 18.4. The van der Waals surface area contributed by atoms with E-state index < -0.39 is 8.07 Å². The Labute approximate surface area is 265 Å². The molecule has 0 fully saturated rings. The van der Waals surface area contributed by atoms with Crippen LogP contribution in [0.2, 0.25) is 13.1 Å². The van der Waals surface area contributed by atoms with Crippen LogP contribution in [0.1, 0.15) is 0 Å². The van der Waals surface area contributed by atoms with E-state index in [2.05, 4.69) is 104 Å². The van der Waals surface area contributed by atoms with Gasteiger partial charge in [-0.1, -0.05) is 165 Å². The van der Waals surface area contributed by atoms with Crippen LogP contribution in [0.25, 0.3) is 67.5 Å². The first kappa shape index (κ1) is 27.1. The molecule has 0 saturated heterocycles. The van der Waals surface area contributed by atoms with Gasteiger partial charge in [0.25, 0.3) is 0 Å². The first-order valence-electron chi connectivity index (χ1n) is 15.4. The Morgan fingerprint density at radius 2 is 0.778 bits per heavy atom. The Morgan fingerprint density at radius 1 is 0.333 bits per heavy atom. The lowest BCUT2D eigenvalue weighted by Crippen LogP contribution is -2.49. The largest absolute Gasteiger partial charge is 0.208 e. The molecule has 214 valence electrons. The van der Waals surface area contributed by atoms with Gasteiger partial charge in [-0.2, -0.15) is 0 Å². The molecule has 3 nitrogen and oxygen atoms in total. The minimum atomic E-state index is -1.73. The number of nitrogens with zero attached hydrogens (tertiary/aromatic N) is 3. The molecule has 4 heteroatoms. The normalized spacial score (nSPS) is 12.8. The molecule has 2 heterocycles. The summed E-state index contributed by atoms with van der Waals surface area (Å²) in [5.74, 6) is 1.98. The third-order valence-electron chi connectivity index (χ3n) is 8.98. The van der Waals surface area contributed by atoms with E-state index in [1.807, 2.05) is 60.7 Å². The third kappa shape index (κ3) is 4.71. The van der Waals surface area contributed by atoms with Crippen molar-refractivity contribution in [2.24, 2.45) is 0 Å². The number of aromatic nitrogens is 3. The molecule has 0 atom stereocenters. The van der Waals surface area contributed by atoms with E-state index in [-0.39, 0.29) is 0 Å². The Morgan fingerprint density at radius 3 is 1.40 bits per heavy atom. The van der Waals surface area contributed by atoms with E-state index in [4.69, 9.17) is 15.0 Å². The summed E-state index contributed by atoms with van der Waals surface area (Å²) in [7, 11) is -1.73. The van der Waals surface area contributed by atoms with Gasteiger partial charge in [-0.05, 0) is 43.8 Å². The number of fused-ring (bicyclic) bond motifs is 3. The highest BCUT2D eigenvalue weighted by Gasteiger charge is 2.38. The van der Waals surface area contributed by atoms with Crippen LogP contribution in [0.15, 0.2) is 152 Å². The van der Waals surface area contributed by atoms with Crippen molar-refractivity contribution < 1.29 is 0 Å². The molecule has 0 unspecified atom stereocenters. The maximum atomic E-state index is 5.01. The highest BCUT2D eigenvalue weighted by Crippen LogP contribution is 2.38. The molecule has 1 aromatic heterocycles. The standard InChI is InChI=1S/C41H31N3Si/c1-45(2)36-22-12-11-20-35(36)38-33(21-13-23-37(38)45)29-26-24-28(25-27-29)32-18-9-10-19-34(32)41-43-39(30-14-5-3-6-15-30)42-40(44-41)31-16-7-4-8-17-31/h3-27H,1-2H3. The molecule has 1 aliphatic rings. The zero-order valence-corrected chi connectivity index (χ0v) is 26.3.